The molecule has 1 aromatic heterocycles. The molecule has 2 rings (SSSR count). The summed E-state index contributed by atoms with van der Waals surface area (Å²) in [4.78, 5) is 20.6. The zero-order valence-corrected chi connectivity index (χ0v) is 12.1. The monoisotopic (exact) mass is 262 g/mol. The second-order valence-electron chi connectivity index (χ2n) is 6.09. The summed E-state index contributed by atoms with van der Waals surface area (Å²) >= 11 is 0. The summed E-state index contributed by atoms with van der Waals surface area (Å²) in [7, 11) is 1.55. The van der Waals surface area contributed by atoms with Crippen LogP contribution in [-0.4, -0.2) is 22.9 Å². The van der Waals surface area contributed by atoms with Crippen molar-refractivity contribution in [1.29, 1.82) is 0 Å². The molecular weight excluding hydrogens is 240 g/mol. The summed E-state index contributed by atoms with van der Waals surface area (Å²) in [5, 5.41) is 0. The van der Waals surface area contributed by atoms with Crippen LogP contribution in [0.2, 0.25) is 0 Å². The van der Waals surface area contributed by atoms with Gasteiger partial charge in [-0.15, -0.1) is 0 Å². The van der Waals surface area contributed by atoms with Crippen molar-refractivity contribution >= 4 is 5.78 Å². The predicted octanol–water partition coefficient (Wildman–Crippen LogP) is 2.77. The molecule has 1 aliphatic carbocycles. The lowest BCUT2D eigenvalue weighted by Crippen LogP contribution is -2.38. The van der Waals surface area contributed by atoms with Crippen molar-refractivity contribution in [2.45, 2.75) is 45.4 Å². The van der Waals surface area contributed by atoms with Gasteiger partial charge in [-0.05, 0) is 24.3 Å². The molecule has 0 aliphatic heterocycles. The molecular formula is C15H22N2O2. The van der Waals surface area contributed by atoms with E-state index in [1.807, 2.05) is 0 Å². The number of ketones is 1. The van der Waals surface area contributed by atoms with Crippen LogP contribution >= 0.6 is 0 Å². The standard InChI is InChI=1S/C15H22N2O2/c1-10-5-6-12(13(18)7-10)15(2,3)11-8-16-14(19-4)17-9-11/h8-10,12H,5-7H2,1-4H3. The molecule has 4 nitrogen and oxygen atoms in total. The van der Waals surface area contributed by atoms with Crippen LogP contribution in [-0.2, 0) is 10.2 Å². The number of methoxy groups -OCH3 is 1. The topological polar surface area (TPSA) is 52.1 Å². The molecule has 0 aromatic carbocycles. The summed E-state index contributed by atoms with van der Waals surface area (Å²) in [6, 6.07) is 0.364. The van der Waals surface area contributed by atoms with Gasteiger partial charge in [0.15, 0.2) is 0 Å². The molecule has 2 unspecified atom stereocenters. The van der Waals surface area contributed by atoms with Crippen LogP contribution in [0, 0.1) is 11.8 Å². The Labute approximate surface area is 114 Å². The molecule has 1 heterocycles. The summed E-state index contributed by atoms with van der Waals surface area (Å²) in [6.07, 6.45) is 6.33. The minimum absolute atomic E-state index is 0.0701. The fourth-order valence-electron chi connectivity index (χ4n) is 2.92. The van der Waals surface area contributed by atoms with E-state index in [1.165, 1.54) is 0 Å². The van der Waals surface area contributed by atoms with Crippen molar-refractivity contribution in [3.8, 4) is 6.01 Å². The largest absolute Gasteiger partial charge is 0.467 e. The number of carbonyl (C=O) groups excluding carboxylic acids is 1. The zero-order valence-electron chi connectivity index (χ0n) is 12.1. The molecule has 2 atom stereocenters. The average molecular weight is 262 g/mol. The smallest absolute Gasteiger partial charge is 0.316 e. The lowest BCUT2D eigenvalue weighted by atomic mass is 9.66. The Morgan fingerprint density at radius 3 is 2.42 bits per heavy atom. The van der Waals surface area contributed by atoms with Gasteiger partial charge in [-0.3, -0.25) is 4.79 Å². The third kappa shape index (κ3) is 2.77. The minimum Gasteiger partial charge on any atom is -0.467 e. The van der Waals surface area contributed by atoms with E-state index in [0.717, 1.165) is 18.4 Å². The van der Waals surface area contributed by atoms with E-state index < -0.39 is 0 Å². The van der Waals surface area contributed by atoms with Crippen molar-refractivity contribution in [2.75, 3.05) is 7.11 Å². The Balaban J connectivity index is 2.22. The minimum atomic E-state index is -0.219. The van der Waals surface area contributed by atoms with E-state index in [2.05, 4.69) is 30.7 Å². The number of hydrogen-bond acceptors (Lipinski definition) is 4. The molecule has 0 spiro atoms. The summed E-state index contributed by atoms with van der Waals surface area (Å²) in [5.41, 5.74) is 0.782. The maximum Gasteiger partial charge on any atom is 0.316 e. The fourth-order valence-corrected chi connectivity index (χ4v) is 2.92. The Morgan fingerprint density at radius 1 is 1.26 bits per heavy atom. The molecule has 0 N–H and O–H groups in total. The quantitative estimate of drug-likeness (QED) is 0.840. The molecule has 1 aliphatic rings. The van der Waals surface area contributed by atoms with E-state index >= 15 is 0 Å². The highest BCUT2D eigenvalue weighted by atomic mass is 16.5. The van der Waals surface area contributed by atoms with Crippen LogP contribution in [0.25, 0.3) is 0 Å². The Morgan fingerprint density at radius 2 is 1.89 bits per heavy atom. The summed E-state index contributed by atoms with van der Waals surface area (Å²) in [6.45, 7) is 6.37. The third-order valence-corrected chi connectivity index (χ3v) is 4.31. The van der Waals surface area contributed by atoms with E-state index in [1.54, 1.807) is 19.5 Å². The number of carbonyl (C=O) groups is 1. The molecule has 1 saturated carbocycles. The van der Waals surface area contributed by atoms with Gasteiger partial charge in [0.25, 0.3) is 0 Å². The lowest BCUT2D eigenvalue weighted by Gasteiger charge is -2.37. The highest BCUT2D eigenvalue weighted by molar-refractivity contribution is 5.83. The van der Waals surface area contributed by atoms with Gasteiger partial charge >= 0.3 is 6.01 Å². The number of nitrogens with zero attached hydrogens (tertiary/aromatic N) is 2. The molecule has 104 valence electrons. The maximum atomic E-state index is 12.3. The van der Waals surface area contributed by atoms with Crippen molar-refractivity contribution in [3.63, 3.8) is 0 Å². The maximum absolute atomic E-state index is 12.3. The zero-order chi connectivity index (χ0) is 14.0. The van der Waals surface area contributed by atoms with E-state index in [4.69, 9.17) is 4.74 Å². The summed E-state index contributed by atoms with van der Waals surface area (Å²) in [5.74, 6) is 0.965. The molecule has 0 bridgehead atoms. The van der Waals surface area contributed by atoms with Crippen molar-refractivity contribution in [3.05, 3.63) is 18.0 Å². The van der Waals surface area contributed by atoms with Crippen molar-refractivity contribution in [1.82, 2.24) is 9.97 Å². The van der Waals surface area contributed by atoms with Gasteiger partial charge in [-0.25, -0.2) is 9.97 Å². The van der Waals surface area contributed by atoms with Gasteiger partial charge in [0.05, 0.1) is 7.11 Å². The number of aromatic nitrogens is 2. The van der Waals surface area contributed by atoms with Gasteiger partial charge in [-0.2, -0.15) is 0 Å². The highest BCUT2D eigenvalue weighted by Crippen LogP contribution is 2.39. The van der Waals surface area contributed by atoms with Crippen LogP contribution in [0.3, 0.4) is 0 Å². The second kappa shape index (κ2) is 5.27. The number of hydrogen-bond donors (Lipinski definition) is 0. The average Bonchev–Trinajstić information content (AvgIpc) is 2.38. The third-order valence-electron chi connectivity index (χ3n) is 4.31. The number of Topliss-reactive ketones (excluding diaryl/α,β-unsaturated/α-hetero) is 1. The second-order valence-corrected chi connectivity index (χ2v) is 6.09. The van der Waals surface area contributed by atoms with E-state index in [9.17, 15) is 4.79 Å². The molecule has 1 fully saturated rings. The molecule has 0 saturated heterocycles. The van der Waals surface area contributed by atoms with Crippen molar-refractivity contribution in [2.24, 2.45) is 11.8 Å². The van der Waals surface area contributed by atoms with Crippen LogP contribution in [0.1, 0.15) is 45.6 Å². The van der Waals surface area contributed by atoms with Gasteiger partial charge in [0.1, 0.15) is 5.78 Å². The van der Waals surface area contributed by atoms with Crippen LogP contribution in [0.5, 0.6) is 6.01 Å². The van der Waals surface area contributed by atoms with Gasteiger partial charge in [-0.1, -0.05) is 20.8 Å². The number of rotatable bonds is 3. The number of ether oxygens (including phenoxy) is 1. The van der Waals surface area contributed by atoms with E-state index in [-0.39, 0.29) is 11.3 Å². The first-order chi connectivity index (χ1) is 8.95. The van der Waals surface area contributed by atoms with Crippen LogP contribution in [0.15, 0.2) is 12.4 Å². The lowest BCUT2D eigenvalue weighted by molar-refractivity contribution is -0.128. The van der Waals surface area contributed by atoms with Gasteiger partial charge in [0.2, 0.25) is 0 Å². The molecule has 1 aromatic rings. The Bertz CT molecular complexity index is 454. The van der Waals surface area contributed by atoms with E-state index in [0.29, 0.717) is 24.1 Å². The van der Waals surface area contributed by atoms with Gasteiger partial charge in [0, 0.05) is 30.1 Å². The van der Waals surface area contributed by atoms with Crippen molar-refractivity contribution < 1.29 is 9.53 Å². The predicted molar refractivity (Wildman–Crippen MR) is 73.1 cm³/mol. The fraction of sp³-hybridized carbons (Fsp3) is 0.667. The normalized spacial score (nSPS) is 24.3. The molecule has 19 heavy (non-hydrogen) atoms. The SMILES string of the molecule is COc1ncc(C(C)(C)C2CCC(C)CC2=O)cn1. The van der Waals surface area contributed by atoms with Crippen LogP contribution in [0.4, 0.5) is 0 Å². The van der Waals surface area contributed by atoms with Crippen LogP contribution < -0.4 is 4.74 Å². The van der Waals surface area contributed by atoms with Gasteiger partial charge < -0.3 is 4.74 Å². The molecule has 4 heteroatoms. The molecule has 0 amide bonds. The summed E-state index contributed by atoms with van der Waals surface area (Å²) < 4.78 is 4.97. The first-order valence-electron chi connectivity index (χ1n) is 6.84. The molecule has 0 radical (unpaired) electrons. The Kier molecular flexibility index (Phi) is 3.88. The first kappa shape index (κ1) is 14.0. The Hall–Kier alpha value is -1.45. The highest BCUT2D eigenvalue weighted by Gasteiger charge is 2.39. The first-order valence-corrected chi connectivity index (χ1v) is 6.84.